The molecule has 0 aliphatic carbocycles. The van der Waals surface area contributed by atoms with Crippen molar-refractivity contribution in [3.63, 3.8) is 0 Å². The lowest BCUT2D eigenvalue weighted by molar-refractivity contribution is -0.121. The number of aromatic nitrogens is 2. The molecular weight excluding hydrogens is 396 g/mol. The van der Waals surface area contributed by atoms with Crippen LogP contribution < -0.4 is 20.3 Å². The topological polar surface area (TPSA) is 116 Å². The van der Waals surface area contributed by atoms with Gasteiger partial charge in [0.05, 0.1) is 13.7 Å². The molecule has 0 unspecified atom stereocenters. The molecule has 2 N–H and O–H groups in total. The van der Waals surface area contributed by atoms with E-state index in [4.69, 9.17) is 13.9 Å². The number of methoxy groups -OCH3 is 1. The van der Waals surface area contributed by atoms with Crippen molar-refractivity contribution < 1.29 is 23.5 Å². The summed E-state index contributed by atoms with van der Waals surface area (Å²) in [6.45, 7) is 2.33. The molecule has 3 rings (SSSR count). The van der Waals surface area contributed by atoms with Crippen molar-refractivity contribution in [3.8, 4) is 23.0 Å². The standard InChI is InChI=1S/C19H20N4O5S/c1-3-27-14-5-4-12(10-15(14)26-2)18(25)22-20-16(24)6-7-17-21-23-19(28-17)13-8-9-29-11-13/h4-5,8-11H,3,6-7H2,1-2H3,(H,20,24)(H,22,25). The normalized spacial score (nSPS) is 10.4. The van der Waals surface area contributed by atoms with Gasteiger partial charge in [0.1, 0.15) is 0 Å². The molecule has 0 radical (unpaired) electrons. The van der Waals surface area contributed by atoms with E-state index in [1.54, 1.807) is 12.1 Å². The Bertz CT molecular complexity index is 971. The number of nitrogens with zero attached hydrogens (tertiary/aromatic N) is 2. The van der Waals surface area contributed by atoms with Gasteiger partial charge in [0, 0.05) is 29.3 Å². The third-order valence-corrected chi connectivity index (χ3v) is 4.53. The van der Waals surface area contributed by atoms with Gasteiger partial charge in [-0.25, -0.2) is 0 Å². The van der Waals surface area contributed by atoms with E-state index in [1.165, 1.54) is 24.5 Å². The van der Waals surface area contributed by atoms with Gasteiger partial charge in [0.2, 0.25) is 17.7 Å². The lowest BCUT2D eigenvalue weighted by atomic mass is 10.2. The van der Waals surface area contributed by atoms with E-state index in [1.807, 2.05) is 23.8 Å². The Labute approximate surface area is 171 Å². The quantitative estimate of drug-likeness (QED) is 0.542. The second-order valence-corrected chi connectivity index (χ2v) is 6.59. The zero-order valence-electron chi connectivity index (χ0n) is 15.9. The molecule has 0 saturated carbocycles. The molecule has 2 aromatic heterocycles. The van der Waals surface area contributed by atoms with Crippen molar-refractivity contribution in [1.82, 2.24) is 21.0 Å². The Hall–Kier alpha value is -3.40. The lowest BCUT2D eigenvalue weighted by Crippen LogP contribution is -2.41. The van der Waals surface area contributed by atoms with E-state index in [9.17, 15) is 9.59 Å². The number of ether oxygens (including phenoxy) is 2. The van der Waals surface area contributed by atoms with Crippen LogP contribution in [0, 0.1) is 0 Å². The fourth-order valence-corrected chi connectivity index (χ4v) is 3.05. The van der Waals surface area contributed by atoms with E-state index in [0.29, 0.717) is 35.5 Å². The van der Waals surface area contributed by atoms with Crippen LogP contribution in [0.25, 0.3) is 11.5 Å². The SMILES string of the molecule is CCOc1ccc(C(=O)NNC(=O)CCc2nnc(-c3ccsc3)o2)cc1OC. The van der Waals surface area contributed by atoms with E-state index in [-0.39, 0.29) is 18.7 Å². The lowest BCUT2D eigenvalue weighted by Gasteiger charge is -2.11. The number of benzene rings is 1. The van der Waals surface area contributed by atoms with E-state index in [2.05, 4.69) is 21.0 Å². The van der Waals surface area contributed by atoms with Gasteiger partial charge < -0.3 is 13.9 Å². The van der Waals surface area contributed by atoms with Crippen LogP contribution in [-0.4, -0.2) is 35.7 Å². The summed E-state index contributed by atoms with van der Waals surface area (Å²) < 4.78 is 16.2. The third kappa shape index (κ3) is 5.32. The number of thiophene rings is 1. The highest BCUT2D eigenvalue weighted by Gasteiger charge is 2.13. The molecule has 0 atom stereocenters. The second-order valence-electron chi connectivity index (χ2n) is 5.81. The summed E-state index contributed by atoms with van der Waals surface area (Å²) >= 11 is 1.53. The smallest absolute Gasteiger partial charge is 0.269 e. The van der Waals surface area contributed by atoms with Crippen LogP contribution in [0.4, 0.5) is 0 Å². The first-order valence-electron chi connectivity index (χ1n) is 8.85. The van der Waals surface area contributed by atoms with Gasteiger partial charge in [-0.15, -0.1) is 10.2 Å². The minimum atomic E-state index is -0.475. The van der Waals surface area contributed by atoms with Crippen molar-refractivity contribution in [1.29, 1.82) is 0 Å². The second kappa shape index (κ2) is 9.69. The molecule has 0 saturated heterocycles. The van der Waals surface area contributed by atoms with E-state index >= 15 is 0 Å². The van der Waals surface area contributed by atoms with Crippen molar-refractivity contribution in [2.45, 2.75) is 19.8 Å². The summed E-state index contributed by atoms with van der Waals surface area (Å²) in [5.74, 6) is 0.882. The Balaban J connectivity index is 1.48. The van der Waals surface area contributed by atoms with Gasteiger partial charge in [-0.2, -0.15) is 11.3 Å². The summed E-state index contributed by atoms with van der Waals surface area (Å²) in [5.41, 5.74) is 5.90. The first-order valence-corrected chi connectivity index (χ1v) is 9.80. The Kier molecular flexibility index (Phi) is 6.80. The summed E-state index contributed by atoms with van der Waals surface area (Å²) in [6, 6.07) is 6.64. The van der Waals surface area contributed by atoms with Crippen molar-refractivity contribution in [3.05, 3.63) is 46.5 Å². The number of nitrogens with one attached hydrogen (secondary N) is 2. The highest BCUT2D eigenvalue weighted by Crippen LogP contribution is 2.28. The fourth-order valence-electron chi connectivity index (χ4n) is 2.42. The number of hydrazine groups is 1. The molecule has 2 amide bonds. The largest absolute Gasteiger partial charge is 0.493 e. The predicted octanol–water partition coefficient (Wildman–Crippen LogP) is 2.60. The Morgan fingerprint density at radius 1 is 1.17 bits per heavy atom. The summed E-state index contributed by atoms with van der Waals surface area (Å²) in [5, 5.41) is 11.7. The van der Waals surface area contributed by atoms with Crippen LogP contribution in [0.1, 0.15) is 29.6 Å². The number of amides is 2. The average Bonchev–Trinajstić information content (AvgIpc) is 3.42. The molecule has 0 spiro atoms. The highest BCUT2D eigenvalue weighted by atomic mass is 32.1. The summed E-state index contributed by atoms with van der Waals surface area (Å²) in [6.07, 6.45) is 0.341. The molecule has 2 heterocycles. The molecule has 29 heavy (non-hydrogen) atoms. The number of hydrogen-bond acceptors (Lipinski definition) is 8. The Morgan fingerprint density at radius 3 is 2.76 bits per heavy atom. The maximum Gasteiger partial charge on any atom is 0.269 e. The fraction of sp³-hybridized carbons (Fsp3) is 0.263. The van der Waals surface area contributed by atoms with Crippen LogP contribution in [0.5, 0.6) is 11.5 Å². The number of aryl methyl sites for hydroxylation is 1. The molecule has 10 heteroatoms. The molecule has 0 aliphatic heterocycles. The van der Waals surface area contributed by atoms with Gasteiger partial charge in [-0.3, -0.25) is 20.4 Å². The maximum absolute atomic E-state index is 12.2. The minimum Gasteiger partial charge on any atom is -0.493 e. The zero-order valence-corrected chi connectivity index (χ0v) is 16.7. The van der Waals surface area contributed by atoms with Crippen molar-refractivity contribution in [2.24, 2.45) is 0 Å². The van der Waals surface area contributed by atoms with Crippen LogP contribution in [0.15, 0.2) is 39.4 Å². The molecule has 9 nitrogen and oxygen atoms in total. The summed E-state index contributed by atoms with van der Waals surface area (Å²) in [7, 11) is 1.49. The number of rotatable bonds is 8. The van der Waals surface area contributed by atoms with Crippen LogP contribution in [0.3, 0.4) is 0 Å². The molecule has 0 bridgehead atoms. The van der Waals surface area contributed by atoms with E-state index < -0.39 is 5.91 Å². The monoisotopic (exact) mass is 416 g/mol. The first-order chi connectivity index (χ1) is 14.1. The van der Waals surface area contributed by atoms with Crippen LogP contribution >= 0.6 is 11.3 Å². The third-order valence-electron chi connectivity index (χ3n) is 3.84. The van der Waals surface area contributed by atoms with Gasteiger partial charge in [0.25, 0.3) is 5.91 Å². The van der Waals surface area contributed by atoms with Crippen LogP contribution in [-0.2, 0) is 11.2 Å². The molecular formula is C19H20N4O5S. The predicted molar refractivity (Wildman–Crippen MR) is 106 cm³/mol. The average molecular weight is 416 g/mol. The van der Waals surface area contributed by atoms with Gasteiger partial charge in [-0.05, 0) is 36.6 Å². The highest BCUT2D eigenvalue weighted by molar-refractivity contribution is 7.08. The molecule has 152 valence electrons. The molecule has 0 fully saturated rings. The maximum atomic E-state index is 12.2. The van der Waals surface area contributed by atoms with Gasteiger partial charge in [-0.1, -0.05) is 0 Å². The van der Waals surface area contributed by atoms with Crippen LogP contribution in [0.2, 0.25) is 0 Å². The van der Waals surface area contributed by atoms with Gasteiger partial charge >= 0.3 is 0 Å². The first kappa shape index (κ1) is 20.3. The Morgan fingerprint density at radius 2 is 2.03 bits per heavy atom. The zero-order chi connectivity index (χ0) is 20.6. The van der Waals surface area contributed by atoms with Gasteiger partial charge in [0.15, 0.2) is 11.5 Å². The molecule has 3 aromatic rings. The summed E-state index contributed by atoms with van der Waals surface area (Å²) in [4.78, 5) is 24.2. The molecule has 1 aromatic carbocycles. The van der Waals surface area contributed by atoms with E-state index in [0.717, 1.165) is 5.56 Å². The number of carbonyl (C=O) groups is 2. The number of hydrogen-bond donors (Lipinski definition) is 2. The number of carbonyl (C=O) groups excluding carboxylic acids is 2. The van der Waals surface area contributed by atoms with Crippen molar-refractivity contribution in [2.75, 3.05) is 13.7 Å². The van der Waals surface area contributed by atoms with Crippen molar-refractivity contribution >= 4 is 23.2 Å². The minimum absolute atomic E-state index is 0.0815. The molecule has 0 aliphatic rings.